The van der Waals surface area contributed by atoms with Gasteiger partial charge in [-0.25, -0.2) is 0 Å². The molecule has 2 aromatic rings. The Morgan fingerprint density at radius 3 is 2.26 bits per heavy atom. The standard InChI is InChI=1S/C20H21Br2ClN2O2/c1-14-18(21)10-17(11-19(14)22)27-13-20(26)25-8-6-24(7-9-25)12-15-2-4-16(23)5-3-15/h2-5,10-11H,6-9,12-13H2,1H3. The average Bonchev–Trinajstić information content (AvgIpc) is 2.66. The Morgan fingerprint density at radius 2 is 1.67 bits per heavy atom. The number of ether oxygens (including phenoxy) is 1. The van der Waals surface area contributed by atoms with Crippen LogP contribution in [0.25, 0.3) is 0 Å². The summed E-state index contributed by atoms with van der Waals surface area (Å²) in [7, 11) is 0. The fourth-order valence-corrected chi connectivity index (χ4v) is 4.22. The van der Waals surface area contributed by atoms with Gasteiger partial charge in [0.15, 0.2) is 6.61 Å². The van der Waals surface area contributed by atoms with Crippen molar-refractivity contribution in [2.75, 3.05) is 32.8 Å². The number of hydrogen-bond donors (Lipinski definition) is 0. The van der Waals surface area contributed by atoms with E-state index in [1.54, 1.807) is 0 Å². The second-order valence-electron chi connectivity index (χ2n) is 6.58. The zero-order chi connectivity index (χ0) is 19.4. The Kier molecular flexibility index (Phi) is 7.20. The van der Waals surface area contributed by atoms with E-state index in [0.29, 0.717) is 5.75 Å². The van der Waals surface area contributed by atoms with Crippen molar-refractivity contribution in [1.29, 1.82) is 0 Å². The van der Waals surface area contributed by atoms with E-state index in [9.17, 15) is 4.79 Å². The van der Waals surface area contributed by atoms with Crippen LogP contribution in [0, 0.1) is 6.92 Å². The van der Waals surface area contributed by atoms with Gasteiger partial charge in [-0.3, -0.25) is 9.69 Å². The van der Waals surface area contributed by atoms with Crippen molar-refractivity contribution in [3.8, 4) is 5.75 Å². The molecule has 4 nitrogen and oxygen atoms in total. The summed E-state index contributed by atoms with van der Waals surface area (Å²) in [6, 6.07) is 11.7. The Bertz CT molecular complexity index is 783. The van der Waals surface area contributed by atoms with Crippen LogP contribution in [-0.4, -0.2) is 48.5 Å². The summed E-state index contributed by atoms with van der Waals surface area (Å²) in [5.74, 6) is 0.697. The van der Waals surface area contributed by atoms with Crippen LogP contribution in [0.4, 0.5) is 0 Å². The number of rotatable bonds is 5. The lowest BCUT2D eigenvalue weighted by molar-refractivity contribution is -0.135. The highest BCUT2D eigenvalue weighted by atomic mass is 79.9. The van der Waals surface area contributed by atoms with Crippen LogP contribution >= 0.6 is 43.5 Å². The maximum absolute atomic E-state index is 12.5. The molecule has 0 N–H and O–H groups in total. The summed E-state index contributed by atoms with van der Waals surface area (Å²) >= 11 is 12.9. The number of hydrogen-bond acceptors (Lipinski definition) is 3. The van der Waals surface area contributed by atoms with Crippen LogP contribution < -0.4 is 4.74 Å². The molecular formula is C20H21Br2ClN2O2. The summed E-state index contributed by atoms with van der Waals surface area (Å²) in [6.45, 7) is 6.09. The lowest BCUT2D eigenvalue weighted by atomic mass is 10.2. The predicted molar refractivity (Wildman–Crippen MR) is 115 cm³/mol. The topological polar surface area (TPSA) is 32.8 Å². The molecule has 3 rings (SSSR count). The third-order valence-electron chi connectivity index (χ3n) is 4.66. The number of halogens is 3. The van der Waals surface area contributed by atoms with E-state index in [4.69, 9.17) is 16.3 Å². The van der Waals surface area contributed by atoms with Gasteiger partial charge in [0, 0.05) is 46.7 Å². The van der Waals surface area contributed by atoms with Gasteiger partial charge in [0.25, 0.3) is 5.91 Å². The number of amides is 1. The molecule has 7 heteroatoms. The molecule has 0 aromatic heterocycles. The molecule has 0 unspecified atom stereocenters. The SMILES string of the molecule is Cc1c(Br)cc(OCC(=O)N2CCN(Cc3ccc(Cl)cc3)CC2)cc1Br. The van der Waals surface area contributed by atoms with Gasteiger partial charge >= 0.3 is 0 Å². The van der Waals surface area contributed by atoms with E-state index >= 15 is 0 Å². The summed E-state index contributed by atoms with van der Waals surface area (Å²) in [5.41, 5.74) is 2.34. The zero-order valence-corrected chi connectivity index (χ0v) is 19.0. The maximum atomic E-state index is 12.5. The molecule has 1 saturated heterocycles. The largest absolute Gasteiger partial charge is 0.484 e. The first-order chi connectivity index (χ1) is 12.9. The minimum Gasteiger partial charge on any atom is -0.484 e. The van der Waals surface area contributed by atoms with Crippen molar-refractivity contribution >= 4 is 49.4 Å². The van der Waals surface area contributed by atoms with E-state index < -0.39 is 0 Å². The fraction of sp³-hybridized carbons (Fsp3) is 0.350. The fourth-order valence-electron chi connectivity index (χ4n) is 2.95. The average molecular weight is 517 g/mol. The second-order valence-corrected chi connectivity index (χ2v) is 8.73. The molecule has 27 heavy (non-hydrogen) atoms. The highest BCUT2D eigenvalue weighted by Gasteiger charge is 2.21. The third-order valence-corrected chi connectivity index (χ3v) is 6.56. The molecule has 2 aromatic carbocycles. The second kappa shape index (κ2) is 9.41. The number of carbonyl (C=O) groups excluding carboxylic acids is 1. The first kappa shape index (κ1) is 20.6. The van der Waals surface area contributed by atoms with Crippen LogP contribution in [0.3, 0.4) is 0 Å². The van der Waals surface area contributed by atoms with Gasteiger partial charge in [-0.2, -0.15) is 0 Å². The van der Waals surface area contributed by atoms with Crippen molar-refractivity contribution < 1.29 is 9.53 Å². The van der Waals surface area contributed by atoms with E-state index in [2.05, 4.69) is 36.8 Å². The highest BCUT2D eigenvalue weighted by molar-refractivity contribution is 9.11. The minimum atomic E-state index is 0.0222. The van der Waals surface area contributed by atoms with Crippen molar-refractivity contribution in [2.24, 2.45) is 0 Å². The smallest absolute Gasteiger partial charge is 0.260 e. The number of benzene rings is 2. The minimum absolute atomic E-state index is 0.0222. The van der Waals surface area contributed by atoms with Crippen LogP contribution in [0.5, 0.6) is 5.75 Å². The van der Waals surface area contributed by atoms with Crippen LogP contribution in [0.2, 0.25) is 5.02 Å². The molecule has 1 fully saturated rings. The van der Waals surface area contributed by atoms with Crippen LogP contribution in [-0.2, 0) is 11.3 Å². The summed E-state index contributed by atoms with van der Waals surface area (Å²) in [4.78, 5) is 16.7. The number of piperazine rings is 1. The molecule has 1 aliphatic rings. The van der Waals surface area contributed by atoms with Crippen molar-refractivity contribution in [3.63, 3.8) is 0 Å². The molecule has 0 aliphatic carbocycles. The molecule has 0 spiro atoms. The Morgan fingerprint density at radius 1 is 1.07 bits per heavy atom. The molecule has 0 atom stereocenters. The van der Waals surface area contributed by atoms with Crippen molar-refractivity contribution in [2.45, 2.75) is 13.5 Å². The molecule has 0 saturated carbocycles. The van der Waals surface area contributed by atoms with Crippen LogP contribution in [0.15, 0.2) is 45.3 Å². The Balaban J connectivity index is 1.46. The molecular weight excluding hydrogens is 495 g/mol. The lowest BCUT2D eigenvalue weighted by Crippen LogP contribution is -2.49. The first-order valence-electron chi connectivity index (χ1n) is 8.75. The van der Waals surface area contributed by atoms with Gasteiger partial charge in [-0.1, -0.05) is 55.6 Å². The maximum Gasteiger partial charge on any atom is 0.260 e. The van der Waals surface area contributed by atoms with Gasteiger partial charge in [-0.15, -0.1) is 0 Å². The zero-order valence-electron chi connectivity index (χ0n) is 15.1. The number of nitrogens with zero attached hydrogens (tertiary/aromatic N) is 2. The molecule has 1 heterocycles. The Labute approximate surface area is 181 Å². The van der Waals surface area contributed by atoms with Crippen LogP contribution in [0.1, 0.15) is 11.1 Å². The molecule has 0 radical (unpaired) electrons. The van der Waals surface area contributed by atoms with E-state index in [0.717, 1.165) is 52.3 Å². The van der Waals surface area contributed by atoms with Gasteiger partial charge in [-0.05, 0) is 42.3 Å². The summed E-state index contributed by atoms with van der Waals surface area (Å²) in [6.07, 6.45) is 0. The normalized spacial score (nSPS) is 15.0. The monoisotopic (exact) mass is 514 g/mol. The first-order valence-corrected chi connectivity index (χ1v) is 10.7. The number of carbonyl (C=O) groups is 1. The lowest BCUT2D eigenvalue weighted by Gasteiger charge is -2.34. The highest BCUT2D eigenvalue weighted by Crippen LogP contribution is 2.30. The van der Waals surface area contributed by atoms with Crippen molar-refractivity contribution in [1.82, 2.24) is 9.80 Å². The quantitative estimate of drug-likeness (QED) is 0.567. The van der Waals surface area contributed by atoms with Gasteiger partial charge in [0.05, 0.1) is 0 Å². The predicted octanol–water partition coefficient (Wildman–Crippen LogP) is 4.90. The Hall–Kier alpha value is -1.08. The summed E-state index contributed by atoms with van der Waals surface area (Å²) in [5, 5.41) is 0.752. The van der Waals surface area contributed by atoms with Gasteiger partial charge in [0.2, 0.25) is 0 Å². The van der Waals surface area contributed by atoms with E-state index in [1.165, 1.54) is 5.56 Å². The third kappa shape index (κ3) is 5.70. The molecule has 144 valence electrons. The van der Waals surface area contributed by atoms with Crippen molar-refractivity contribution in [3.05, 3.63) is 61.5 Å². The molecule has 0 bridgehead atoms. The summed E-state index contributed by atoms with van der Waals surface area (Å²) < 4.78 is 7.60. The molecule has 1 aliphatic heterocycles. The molecule has 1 amide bonds. The van der Waals surface area contributed by atoms with E-state index in [1.807, 2.05) is 48.2 Å². The van der Waals surface area contributed by atoms with Gasteiger partial charge < -0.3 is 9.64 Å². The van der Waals surface area contributed by atoms with E-state index in [-0.39, 0.29) is 12.5 Å². The van der Waals surface area contributed by atoms with Gasteiger partial charge in [0.1, 0.15) is 5.75 Å².